The van der Waals surface area contributed by atoms with E-state index in [1.165, 1.54) is 26.2 Å². The van der Waals surface area contributed by atoms with E-state index in [2.05, 4.69) is 10.3 Å². The number of amides is 1. The second-order valence-corrected chi connectivity index (χ2v) is 8.62. The van der Waals surface area contributed by atoms with Gasteiger partial charge in [0.1, 0.15) is 16.5 Å². The predicted molar refractivity (Wildman–Crippen MR) is 106 cm³/mol. The Morgan fingerprint density at radius 2 is 1.89 bits per heavy atom. The van der Waals surface area contributed by atoms with Crippen molar-refractivity contribution in [1.82, 2.24) is 9.29 Å². The molecule has 0 atom stereocenters. The Hall–Kier alpha value is -2.96. The molecule has 0 saturated carbocycles. The van der Waals surface area contributed by atoms with E-state index in [0.29, 0.717) is 17.7 Å². The fraction of sp³-hybridized carbons (Fsp3) is 0.316. The molecule has 0 aliphatic heterocycles. The molecule has 0 saturated heterocycles. The van der Waals surface area contributed by atoms with Gasteiger partial charge < -0.3 is 10.3 Å². The van der Waals surface area contributed by atoms with E-state index >= 15 is 0 Å². The third-order valence-corrected chi connectivity index (χ3v) is 6.32. The summed E-state index contributed by atoms with van der Waals surface area (Å²) in [6.45, 7) is 3.38. The lowest BCUT2D eigenvalue weighted by atomic mass is 9.99. The molecule has 2 rings (SSSR count). The van der Waals surface area contributed by atoms with Crippen LogP contribution in [0.25, 0.3) is 0 Å². The molecule has 0 aliphatic carbocycles. The minimum absolute atomic E-state index is 0.0107. The van der Waals surface area contributed by atoms with Gasteiger partial charge in [-0.3, -0.25) is 9.59 Å². The lowest BCUT2D eigenvalue weighted by Gasteiger charge is -2.16. The van der Waals surface area contributed by atoms with Gasteiger partial charge in [-0.15, -0.1) is 0 Å². The number of benzene rings is 1. The van der Waals surface area contributed by atoms with Crippen LogP contribution in [0.3, 0.4) is 0 Å². The number of nitrogens with one attached hydrogen (secondary N) is 2. The summed E-state index contributed by atoms with van der Waals surface area (Å²) < 4.78 is 25.9. The highest BCUT2D eigenvalue weighted by atomic mass is 32.2. The highest BCUT2D eigenvalue weighted by molar-refractivity contribution is 7.89. The highest BCUT2D eigenvalue weighted by Crippen LogP contribution is 2.23. The first-order chi connectivity index (χ1) is 13.1. The van der Waals surface area contributed by atoms with E-state index in [1.54, 1.807) is 26.0 Å². The summed E-state index contributed by atoms with van der Waals surface area (Å²) in [5.41, 5.74) is 1.66. The Morgan fingerprint density at radius 1 is 1.25 bits per heavy atom. The Balaban J connectivity index is 2.23. The van der Waals surface area contributed by atoms with Crippen molar-refractivity contribution < 1.29 is 13.2 Å². The molecule has 2 aromatic rings. The molecule has 0 fully saturated rings. The molecule has 1 aromatic carbocycles. The fourth-order valence-corrected chi connectivity index (χ4v) is 3.90. The van der Waals surface area contributed by atoms with Crippen molar-refractivity contribution in [2.75, 3.05) is 19.4 Å². The molecule has 0 radical (unpaired) electrons. The maximum absolute atomic E-state index is 12.4. The molecule has 0 aliphatic rings. The zero-order valence-corrected chi connectivity index (χ0v) is 17.0. The number of pyridine rings is 1. The molecule has 0 unspecified atom stereocenters. The summed E-state index contributed by atoms with van der Waals surface area (Å²) in [6, 6.07) is 8.06. The standard InChI is InChI=1S/C19H22N4O4S/c1-12-14(13(2)21-19(25)15(12)11-20)9-10-18(24)22-16-7-5-6-8-17(16)28(26,27)23(3)4/h5-8H,9-10H2,1-4H3,(H,21,25)(H,22,24). The van der Waals surface area contributed by atoms with Crippen LogP contribution in [0.5, 0.6) is 0 Å². The number of nitrogens with zero attached hydrogens (tertiary/aromatic N) is 2. The number of hydrogen-bond acceptors (Lipinski definition) is 5. The zero-order valence-electron chi connectivity index (χ0n) is 16.2. The number of rotatable bonds is 6. The smallest absolute Gasteiger partial charge is 0.266 e. The Labute approximate surface area is 163 Å². The van der Waals surface area contributed by atoms with Crippen LogP contribution in [0.1, 0.15) is 28.8 Å². The SMILES string of the molecule is Cc1[nH]c(=O)c(C#N)c(C)c1CCC(=O)Nc1ccccc1S(=O)(=O)N(C)C. The van der Waals surface area contributed by atoms with Crippen molar-refractivity contribution in [3.8, 4) is 6.07 Å². The lowest BCUT2D eigenvalue weighted by molar-refractivity contribution is -0.116. The molecule has 1 amide bonds. The number of H-pyrrole nitrogens is 1. The number of sulfonamides is 1. The summed E-state index contributed by atoms with van der Waals surface area (Å²) in [5.74, 6) is -0.370. The molecule has 0 bridgehead atoms. The van der Waals surface area contributed by atoms with Gasteiger partial charge in [-0.05, 0) is 43.5 Å². The van der Waals surface area contributed by atoms with Crippen molar-refractivity contribution in [2.24, 2.45) is 0 Å². The third kappa shape index (κ3) is 4.30. The Kier molecular flexibility index (Phi) is 6.38. The second-order valence-electron chi connectivity index (χ2n) is 6.50. The summed E-state index contributed by atoms with van der Waals surface area (Å²) in [4.78, 5) is 26.8. The predicted octanol–water partition coefficient (Wildman–Crippen LogP) is 1.69. The molecular formula is C19H22N4O4S. The molecule has 2 N–H and O–H groups in total. The van der Waals surface area contributed by atoms with Crippen LogP contribution in [0, 0.1) is 25.2 Å². The van der Waals surface area contributed by atoms with E-state index in [0.717, 1.165) is 9.87 Å². The van der Waals surface area contributed by atoms with Crippen LogP contribution in [0.2, 0.25) is 0 Å². The molecule has 28 heavy (non-hydrogen) atoms. The van der Waals surface area contributed by atoms with Crippen molar-refractivity contribution >= 4 is 21.6 Å². The number of aromatic amines is 1. The largest absolute Gasteiger partial charge is 0.325 e. The van der Waals surface area contributed by atoms with Crippen molar-refractivity contribution in [2.45, 2.75) is 31.6 Å². The summed E-state index contributed by atoms with van der Waals surface area (Å²) in [7, 11) is -0.866. The first-order valence-corrected chi connectivity index (χ1v) is 9.97. The van der Waals surface area contributed by atoms with E-state index in [4.69, 9.17) is 5.26 Å². The molecule has 9 heteroatoms. The number of hydrogen-bond donors (Lipinski definition) is 2. The van der Waals surface area contributed by atoms with Gasteiger partial charge in [0, 0.05) is 26.2 Å². The maximum Gasteiger partial charge on any atom is 0.266 e. The van der Waals surface area contributed by atoms with E-state index in [1.807, 2.05) is 6.07 Å². The van der Waals surface area contributed by atoms with Crippen molar-refractivity contribution in [1.29, 1.82) is 5.26 Å². The quantitative estimate of drug-likeness (QED) is 0.761. The Morgan fingerprint density at radius 3 is 2.50 bits per heavy atom. The van der Waals surface area contributed by atoms with Crippen LogP contribution < -0.4 is 10.9 Å². The molecule has 1 aromatic heterocycles. The third-order valence-electron chi connectivity index (χ3n) is 4.44. The average Bonchev–Trinajstić information content (AvgIpc) is 2.61. The van der Waals surface area contributed by atoms with Crippen LogP contribution in [-0.2, 0) is 21.2 Å². The van der Waals surface area contributed by atoms with Crippen LogP contribution in [-0.4, -0.2) is 37.7 Å². The van der Waals surface area contributed by atoms with Gasteiger partial charge in [0.05, 0.1) is 5.69 Å². The summed E-state index contributed by atoms with van der Waals surface area (Å²) in [5, 5.41) is 11.8. The number of carbonyl (C=O) groups excluding carboxylic acids is 1. The number of aromatic nitrogens is 1. The second kappa shape index (κ2) is 8.37. The van der Waals surface area contributed by atoms with Gasteiger partial charge in [0.25, 0.3) is 5.56 Å². The number of nitriles is 1. The van der Waals surface area contributed by atoms with E-state index in [-0.39, 0.29) is 28.5 Å². The minimum Gasteiger partial charge on any atom is -0.325 e. The van der Waals surface area contributed by atoms with Crippen molar-refractivity contribution in [3.05, 3.63) is 57.0 Å². The Bertz CT molecular complexity index is 1110. The van der Waals surface area contributed by atoms with Gasteiger partial charge in [-0.25, -0.2) is 12.7 Å². The highest BCUT2D eigenvalue weighted by Gasteiger charge is 2.22. The van der Waals surface area contributed by atoms with Gasteiger partial charge in [0.2, 0.25) is 15.9 Å². The molecule has 8 nitrogen and oxygen atoms in total. The number of carbonyl (C=O) groups is 1. The van der Waals surface area contributed by atoms with Gasteiger partial charge >= 0.3 is 0 Å². The molecule has 0 spiro atoms. The molecule has 1 heterocycles. The van der Waals surface area contributed by atoms with Crippen LogP contribution in [0.4, 0.5) is 5.69 Å². The monoisotopic (exact) mass is 402 g/mol. The van der Waals surface area contributed by atoms with E-state index < -0.39 is 15.6 Å². The first-order valence-electron chi connectivity index (χ1n) is 8.53. The van der Waals surface area contributed by atoms with Gasteiger partial charge in [-0.1, -0.05) is 12.1 Å². The van der Waals surface area contributed by atoms with Crippen LogP contribution >= 0.6 is 0 Å². The van der Waals surface area contributed by atoms with Crippen LogP contribution in [0.15, 0.2) is 34.0 Å². The first kappa shape index (κ1) is 21.3. The summed E-state index contributed by atoms with van der Waals surface area (Å²) in [6.07, 6.45) is 0.368. The van der Waals surface area contributed by atoms with Crippen molar-refractivity contribution in [3.63, 3.8) is 0 Å². The zero-order chi connectivity index (χ0) is 21.1. The van der Waals surface area contributed by atoms with E-state index in [9.17, 15) is 18.0 Å². The molecule has 148 valence electrons. The summed E-state index contributed by atoms with van der Waals surface area (Å²) >= 11 is 0. The molecular weight excluding hydrogens is 380 g/mol. The number of aryl methyl sites for hydroxylation is 1. The minimum atomic E-state index is -3.70. The van der Waals surface area contributed by atoms with Gasteiger partial charge in [0.15, 0.2) is 0 Å². The fourth-order valence-electron chi connectivity index (χ4n) is 2.86. The number of anilines is 1. The average molecular weight is 402 g/mol. The normalized spacial score (nSPS) is 11.3. The maximum atomic E-state index is 12.4. The van der Waals surface area contributed by atoms with Gasteiger partial charge in [-0.2, -0.15) is 5.26 Å². The number of para-hydroxylation sites is 1. The lowest BCUT2D eigenvalue weighted by Crippen LogP contribution is -2.24. The topological polar surface area (TPSA) is 123 Å².